The van der Waals surface area contributed by atoms with Gasteiger partial charge in [0.1, 0.15) is 12.2 Å². The zero-order valence-electron chi connectivity index (χ0n) is 7.92. The minimum Gasteiger partial charge on any atom is -0.394 e. The fourth-order valence-corrected chi connectivity index (χ4v) is 0.824. The van der Waals surface area contributed by atoms with Gasteiger partial charge < -0.3 is 25.2 Å². The van der Waals surface area contributed by atoms with Gasteiger partial charge in [-0.15, -0.1) is 0 Å². The molecule has 0 saturated carbocycles. The predicted octanol–water partition coefficient (Wildman–Crippen LogP) is -1.51. The third kappa shape index (κ3) is 4.54. The third-order valence-electron chi connectivity index (χ3n) is 1.84. The molecule has 13 heavy (non-hydrogen) atoms. The largest absolute Gasteiger partial charge is 0.394 e. The van der Waals surface area contributed by atoms with E-state index in [-0.39, 0.29) is 6.61 Å². The zero-order valence-corrected chi connectivity index (χ0v) is 7.92. The highest BCUT2D eigenvalue weighted by Crippen LogP contribution is 2.06. The molecular weight excluding hydrogens is 176 g/mol. The van der Waals surface area contributed by atoms with Crippen LogP contribution in [-0.2, 0) is 4.74 Å². The Hall–Kier alpha value is -0.200. The number of aliphatic hydroxyl groups excluding tert-OH is 4. The van der Waals surface area contributed by atoms with Crippen molar-refractivity contribution in [2.75, 3.05) is 13.2 Å². The average molecular weight is 194 g/mol. The quantitative estimate of drug-likeness (QED) is 0.412. The van der Waals surface area contributed by atoms with Crippen molar-refractivity contribution in [2.24, 2.45) is 0 Å². The smallest absolute Gasteiger partial charge is 0.107 e. The van der Waals surface area contributed by atoms with Crippen LogP contribution >= 0.6 is 0 Å². The second-order valence-electron chi connectivity index (χ2n) is 3.05. The Morgan fingerprint density at radius 3 is 1.92 bits per heavy atom. The van der Waals surface area contributed by atoms with E-state index in [4.69, 9.17) is 25.2 Å². The molecular formula is C8H18O5. The summed E-state index contributed by atoms with van der Waals surface area (Å²) in [5.74, 6) is 0. The lowest BCUT2D eigenvalue weighted by Gasteiger charge is -2.25. The molecule has 0 rings (SSSR count). The van der Waals surface area contributed by atoms with E-state index in [9.17, 15) is 0 Å². The Labute approximate surface area is 77.6 Å². The van der Waals surface area contributed by atoms with Crippen LogP contribution < -0.4 is 0 Å². The van der Waals surface area contributed by atoms with Gasteiger partial charge in [0.2, 0.25) is 0 Å². The van der Waals surface area contributed by atoms with E-state index in [2.05, 4.69) is 0 Å². The van der Waals surface area contributed by atoms with Crippen molar-refractivity contribution in [3.8, 4) is 0 Å². The molecule has 5 nitrogen and oxygen atoms in total. The van der Waals surface area contributed by atoms with Crippen LogP contribution in [0.4, 0.5) is 0 Å². The maximum absolute atomic E-state index is 9.11. The Morgan fingerprint density at radius 1 is 1.08 bits per heavy atom. The fraction of sp³-hybridized carbons (Fsp3) is 1.00. The van der Waals surface area contributed by atoms with E-state index >= 15 is 0 Å². The van der Waals surface area contributed by atoms with Crippen LogP contribution in [0.15, 0.2) is 0 Å². The Morgan fingerprint density at radius 2 is 1.62 bits per heavy atom. The second-order valence-corrected chi connectivity index (χ2v) is 3.05. The normalized spacial score (nSPS) is 20.8. The van der Waals surface area contributed by atoms with Gasteiger partial charge in [-0.2, -0.15) is 0 Å². The number of rotatable bonds is 6. The van der Waals surface area contributed by atoms with Crippen molar-refractivity contribution >= 4 is 0 Å². The number of ether oxygens (including phenoxy) is 1. The van der Waals surface area contributed by atoms with Gasteiger partial charge in [0.05, 0.1) is 25.4 Å². The summed E-state index contributed by atoms with van der Waals surface area (Å²) >= 11 is 0. The molecule has 0 fully saturated rings. The van der Waals surface area contributed by atoms with Crippen molar-refractivity contribution in [2.45, 2.75) is 38.3 Å². The molecule has 1 unspecified atom stereocenters. The summed E-state index contributed by atoms with van der Waals surface area (Å²) in [6.07, 6.45) is -3.14. The first kappa shape index (κ1) is 12.8. The molecule has 5 heteroatoms. The maximum atomic E-state index is 9.11. The van der Waals surface area contributed by atoms with Crippen molar-refractivity contribution in [3.63, 3.8) is 0 Å². The molecule has 0 heterocycles. The van der Waals surface area contributed by atoms with E-state index in [0.29, 0.717) is 0 Å². The van der Waals surface area contributed by atoms with E-state index in [1.54, 1.807) is 6.92 Å². The van der Waals surface area contributed by atoms with Gasteiger partial charge in [-0.3, -0.25) is 0 Å². The first-order valence-electron chi connectivity index (χ1n) is 4.26. The van der Waals surface area contributed by atoms with Gasteiger partial charge >= 0.3 is 0 Å². The van der Waals surface area contributed by atoms with Crippen molar-refractivity contribution in [3.05, 3.63) is 0 Å². The van der Waals surface area contributed by atoms with Crippen molar-refractivity contribution in [1.29, 1.82) is 0 Å². The highest BCUT2D eigenvalue weighted by Gasteiger charge is 2.21. The van der Waals surface area contributed by atoms with E-state index < -0.39 is 31.0 Å². The molecule has 0 bridgehead atoms. The number of hydrogen-bond acceptors (Lipinski definition) is 5. The van der Waals surface area contributed by atoms with Crippen LogP contribution in [0.25, 0.3) is 0 Å². The molecule has 0 aliphatic heterocycles. The van der Waals surface area contributed by atoms with Crippen LogP contribution in [0.5, 0.6) is 0 Å². The van der Waals surface area contributed by atoms with E-state index in [0.717, 1.165) is 0 Å². The lowest BCUT2D eigenvalue weighted by Crippen LogP contribution is -2.39. The Kier molecular flexibility index (Phi) is 6.19. The van der Waals surface area contributed by atoms with Crippen molar-refractivity contribution in [1.82, 2.24) is 0 Å². The third-order valence-corrected chi connectivity index (χ3v) is 1.84. The average Bonchev–Trinajstić information content (AvgIpc) is 2.11. The summed E-state index contributed by atoms with van der Waals surface area (Å²) in [5.41, 5.74) is 0. The van der Waals surface area contributed by atoms with Crippen LogP contribution in [0, 0.1) is 0 Å². The SMILES string of the molecule is C[C@H](O)C(CO)O[C@H](C)[C@H](O)CO. The summed E-state index contributed by atoms with van der Waals surface area (Å²) < 4.78 is 5.10. The Balaban J connectivity index is 3.93. The standard InChI is InChI=1S/C8H18O5/c1-5(11)8(4-10)13-6(2)7(12)3-9/h5-12H,3-4H2,1-2H3/t5-,6+,7+,8?/m0/s1. The number of hydrogen-bond donors (Lipinski definition) is 4. The molecule has 0 aliphatic carbocycles. The van der Waals surface area contributed by atoms with Gasteiger partial charge in [0.15, 0.2) is 0 Å². The number of aliphatic hydroxyl groups is 4. The van der Waals surface area contributed by atoms with Gasteiger partial charge in [0.25, 0.3) is 0 Å². The Bertz CT molecular complexity index is 128. The predicted molar refractivity (Wildman–Crippen MR) is 46.2 cm³/mol. The molecule has 0 spiro atoms. The molecule has 0 amide bonds. The fourth-order valence-electron chi connectivity index (χ4n) is 0.824. The summed E-state index contributed by atoms with van der Waals surface area (Å²) in [6.45, 7) is 2.32. The summed E-state index contributed by atoms with van der Waals surface area (Å²) in [5, 5.41) is 35.5. The minimum atomic E-state index is -0.993. The minimum absolute atomic E-state index is 0.319. The van der Waals surface area contributed by atoms with Crippen LogP contribution in [0.1, 0.15) is 13.8 Å². The lowest BCUT2D eigenvalue weighted by atomic mass is 10.2. The van der Waals surface area contributed by atoms with Crippen LogP contribution in [0.2, 0.25) is 0 Å². The molecule has 0 aromatic heterocycles. The summed E-state index contributed by atoms with van der Waals surface area (Å²) in [6, 6.07) is 0. The highest BCUT2D eigenvalue weighted by atomic mass is 16.5. The molecule has 0 aromatic carbocycles. The molecule has 0 aliphatic rings. The highest BCUT2D eigenvalue weighted by molar-refractivity contribution is 4.69. The monoisotopic (exact) mass is 194 g/mol. The van der Waals surface area contributed by atoms with Gasteiger partial charge in [-0.1, -0.05) is 0 Å². The van der Waals surface area contributed by atoms with Gasteiger partial charge in [0, 0.05) is 0 Å². The van der Waals surface area contributed by atoms with Crippen LogP contribution in [0.3, 0.4) is 0 Å². The first-order valence-corrected chi connectivity index (χ1v) is 4.26. The van der Waals surface area contributed by atoms with Crippen LogP contribution in [-0.4, -0.2) is 58.1 Å². The molecule has 0 aromatic rings. The topological polar surface area (TPSA) is 90.2 Å². The molecule has 0 saturated heterocycles. The second kappa shape index (κ2) is 6.28. The summed E-state index contributed by atoms with van der Waals surface area (Å²) in [4.78, 5) is 0. The van der Waals surface area contributed by atoms with E-state index in [1.807, 2.05) is 0 Å². The van der Waals surface area contributed by atoms with E-state index in [1.165, 1.54) is 6.92 Å². The summed E-state index contributed by atoms with van der Waals surface area (Å²) in [7, 11) is 0. The molecule has 80 valence electrons. The van der Waals surface area contributed by atoms with Crippen molar-refractivity contribution < 1.29 is 25.2 Å². The van der Waals surface area contributed by atoms with Gasteiger partial charge in [-0.25, -0.2) is 0 Å². The molecule has 4 N–H and O–H groups in total. The molecule has 0 radical (unpaired) electrons. The maximum Gasteiger partial charge on any atom is 0.107 e. The van der Waals surface area contributed by atoms with Gasteiger partial charge in [-0.05, 0) is 13.8 Å². The molecule has 4 atom stereocenters. The first-order chi connectivity index (χ1) is 6.02. The zero-order chi connectivity index (χ0) is 10.4. The lowest BCUT2D eigenvalue weighted by molar-refractivity contribution is -0.127.